The lowest BCUT2D eigenvalue weighted by atomic mass is 10.2. The van der Waals surface area contributed by atoms with E-state index in [0.29, 0.717) is 17.3 Å². The zero-order valence-electron chi connectivity index (χ0n) is 10.1. The van der Waals surface area contributed by atoms with Crippen LogP contribution in [0.25, 0.3) is 0 Å². The lowest BCUT2D eigenvalue weighted by molar-refractivity contribution is 0.624. The van der Waals surface area contributed by atoms with Gasteiger partial charge in [-0.05, 0) is 26.3 Å². The van der Waals surface area contributed by atoms with E-state index < -0.39 is 0 Å². The fourth-order valence-electron chi connectivity index (χ4n) is 1.67. The van der Waals surface area contributed by atoms with Crippen LogP contribution in [0.15, 0.2) is 12.3 Å². The van der Waals surface area contributed by atoms with E-state index in [9.17, 15) is 0 Å². The van der Waals surface area contributed by atoms with Gasteiger partial charge in [-0.3, -0.25) is 0 Å². The maximum Gasteiger partial charge on any atom is 0.152 e. The average Bonchev–Trinajstić information content (AvgIpc) is 2.31. The van der Waals surface area contributed by atoms with Gasteiger partial charge in [-0.2, -0.15) is 5.26 Å². The molecule has 0 amide bonds. The van der Waals surface area contributed by atoms with Gasteiger partial charge in [0.1, 0.15) is 6.07 Å². The Morgan fingerprint density at radius 2 is 2.25 bits per heavy atom. The summed E-state index contributed by atoms with van der Waals surface area (Å²) in [6.07, 6.45) is 2.60. The first-order chi connectivity index (χ1) is 7.63. The summed E-state index contributed by atoms with van der Waals surface area (Å²) < 4.78 is 0. The van der Waals surface area contributed by atoms with E-state index in [1.165, 1.54) is 0 Å². The van der Waals surface area contributed by atoms with E-state index in [4.69, 9.17) is 11.0 Å². The first-order valence-electron chi connectivity index (χ1n) is 5.56. The third-order valence-corrected chi connectivity index (χ3v) is 2.76. The topological polar surface area (TPSA) is 65.9 Å². The highest BCUT2D eigenvalue weighted by Gasteiger charge is 2.15. The van der Waals surface area contributed by atoms with Gasteiger partial charge in [-0.15, -0.1) is 0 Å². The van der Waals surface area contributed by atoms with E-state index in [1.54, 1.807) is 12.3 Å². The van der Waals surface area contributed by atoms with Gasteiger partial charge in [0.05, 0.1) is 11.3 Å². The number of nitrogens with zero attached hydrogens (tertiary/aromatic N) is 3. The number of aromatic nitrogens is 1. The Morgan fingerprint density at radius 3 is 2.69 bits per heavy atom. The summed E-state index contributed by atoms with van der Waals surface area (Å²) in [7, 11) is 0. The molecule has 4 nitrogen and oxygen atoms in total. The third kappa shape index (κ3) is 2.43. The van der Waals surface area contributed by atoms with Gasteiger partial charge in [-0.25, -0.2) is 4.98 Å². The number of nitrogen functional groups attached to an aromatic ring is 1. The van der Waals surface area contributed by atoms with Crippen LogP contribution in [0.2, 0.25) is 0 Å². The molecule has 1 unspecified atom stereocenters. The zero-order chi connectivity index (χ0) is 12.1. The summed E-state index contributed by atoms with van der Waals surface area (Å²) in [5.41, 5.74) is 6.98. The summed E-state index contributed by atoms with van der Waals surface area (Å²) >= 11 is 0. The minimum Gasteiger partial charge on any atom is -0.396 e. The lowest BCUT2D eigenvalue weighted by Crippen LogP contribution is -2.33. The van der Waals surface area contributed by atoms with Crippen LogP contribution in [-0.2, 0) is 0 Å². The zero-order valence-corrected chi connectivity index (χ0v) is 10.1. The molecule has 0 saturated heterocycles. The van der Waals surface area contributed by atoms with Crippen LogP contribution in [-0.4, -0.2) is 17.6 Å². The molecule has 1 atom stereocenters. The summed E-state index contributed by atoms with van der Waals surface area (Å²) in [6, 6.07) is 4.10. The Labute approximate surface area is 96.7 Å². The molecule has 2 N–H and O–H groups in total. The molecule has 1 aromatic heterocycles. The normalized spacial score (nSPS) is 11.9. The minimum atomic E-state index is 0.396. The summed E-state index contributed by atoms with van der Waals surface area (Å²) in [6.45, 7) is 7.21. The monoisotopic (exact) mass is 218 g/mol. The van der Waals surface area contributed by atoms with Gasteiger partial charge in [0.25, 0.3) is 0 Å². The van der Waals surface area contributed by atoms with Crippen molar-refractivity contribution in [2.75, 3.05) is 17.2 Å². The maximum atomic E-state index is 8.74. The minimum absolute atomic E-state index is 0.396. The van der Waals surface area contributed by atoms with Gasteiger partial charge in [0.2, 0.25) is 0 Å². The lowest BCUT2D eigenvalue weighted by Gasteiger charge is -2.29. The Kier molecular flexibility index (Phi) is 4.12. The van der Waals surface area contributed by atoms with Gasteiger partial charge in [0, 0.05) is 18.8 Å². The molecule has 0 aliphatic heterocycles. The van der Waals surface area contributed by atoms with Crippen LogP contribution in [0.5, 0.6) is 0 Å². The quantitative estimate of drug-likeness (QED) is 0.841. The predicted molar refractivity (Wildman–Crippen MR) is 66.1 cm³/mol. The van der Waals surface area contributed by atoms with E-state index in [-0.39, 0.29) is 0 Å². The highest BCUT2D eigenvalue weighted by molar-refractivity contribution is 5.64. The molecule has 1 rings (SSSR count). The molecule has 16 heavy (non-hydrogen) atoms. The number of nitriles is 1. The molecule has 0 fully saturated rings. The largest absolute Gasteiger partial charge is 0.396 e. The SMILES string of the molecule is CCC(C)N(CC)c1ncc(C#N)cc1N. The third-order valence-electron chi connectivity index (χ3n) is 2.76. The number of anilines is 2. The highest BCUT2D eigenvalue weighted by atomic mass is 15.2. The van der Waals surface area contributed by atoms with E-state index in [1.807, 2.05) is 6.07 Å². The molecule has 0 saturated carbocycles. The second kappa shape index (κ2) is 5.36. The Hall–Kier alpha value is -1.76. The van der Waals surface area contributed by atoms with Gasteiger partial charge >= 0.3 is 0 Å². The van der Waals surface area contributed by atoms with E-state index >= 15 is 0 Å². The van der Waals surface area contributed by atoms with Crippen molar-refractivity contribution in [1.29, 1.82) is 5.26 Å². The molecular weight excluding hydrogens is 200 g/mol. The number of rotatable bonds is 4. The maximum absolute atomic E-state index is 8.74. The van der Waals surface area contributed by atoms with Crippen LogP contribution in [0.3, 0.4) is 0 Å². The van der Waals surface area contributed by atoms with Crippen molar-refractivity contribution in [3.63, 3.8) is 0 Å². The van der Waals surface area contributed by atoms with Gasteiger partial charge < -0.3 is 10.6 Å². The van der Waals surface area contributed by atoms with E-state index in [0.717, 1.165) is 18.8 Å². The van der Waals surface area contributed by atoms with Crippen LogP contribution in [0, 0.1) is 11.3 Å². The predicted octanol–water partition coefficient (Wildman–Crippen LogP) is 2.16. The Bertz CT molecular complexity index is 394. The molecule has 0 radical (unpaired) electrons. The van der Waals surface area contributed by atoms with Crippen molar-refractivity contribution in [3.05, 3.63) is 17.8 Å². The number of pyridine rings is 1. The summed E-state index contributed by atoms with van der Waals surface area (Å²) in [5.74, 6) is 0.774. The fourth-order valence-corrected chi connectivity index (χ4v) is 1.67. The van der Waals surface area contributed by atoms with Crippen molar-refractivity contribution in [2.24, 2.45) is 0 Å². The van der Waals surface area contributed by atoms with Crippen molar-refractivity contribution in [2.45, 2.75) is 33.2 Å². The summed E-state index contributed by atoms with van der Waals surface area (Å²) in [4.78, 5) is 6.42. The van der Waals surface area contributed by atoms with Gasteiger partial charge in [0.15, 0.2) is 5.82 Å². The first kappa shape index (κ1) is 12.3. The average molecular weight is 218 g/mol. The number of hydrogen-bond donors (Lipinski definition) is 1. The van der Waals surface area contributed by atoms with Crippen LogP contribution < -0.4 is 10.6 Å². The number of nitrogens with two attached hydrogens (primary N) is 1. The van der Waals surface area contributed by atoms with Crippen LogP contribution in [0.4, 0.5) is 11.5 Å². The van der Waals surface area contributed by atoms with Gasteiger partial charge in [-0.1, -0.05) is 6.92 Å². The highest BCUT2D eigenvalue weighted by Crippen LogP contribution is 2.23. The molecule has 0 bridgehead atoms. The van der Waals surface area contributed by atoms with Crippen molar-refractivity contribution >= 4 is 11.5 Å². The molecule has 86 valence electrons. The standard InChI is InChI=1S/C12H18N4/c1-4-9(3)16(5-2)12-11(14)6-10(7-13)8-15-12/h6,8-9H,4-5,14H2,1-3H3. The first-order valence-corrected chi connectivity index (χ1v) is 5.56. The van der Waals surface area contributed by atoms with Crippen LogP contribution in [0.1, 0.15) is 32.8 Å². The van der Waals surface area contributed by atoms with Crippen molar-refractivity contribution in [3.8, 4) is 6.07 Å². The molecule has 0 aromatic carbocycles. The molecule has 1 heterocycles. The molecular formula is C12H18N4. The molecule has 0 spiro atoms. The summed E-state index contributed by atoms with van der Waals surface area (Å²) in [5, 5.41) is 8.74. The Balaban J connectivity index is 3.07. The molecule has 4 heteroatoms. The number of hydrogen-bond acceptors (Lipinski definition) is 4. The molecule has 1 aromatic rings. The van der Waals surface area contributed by atoms with Crippen molar-refractivity contribution in [1.82, 2.24) is 4.98 Å². The second-order valence-electron chi connectivity index (χ2n) is 3.79. The van der Waals surface area contributed by atoms with Crippen LogP contribution >= 0.6 is 0 Å². The van der Waals surface area contributed by atoms with E-state index in [2.05, 4.69) is 30.7 Å². The smallest absolute Gasteiger partial charge is 0.152 e. The molecule has 0 aliphatic rings. The van der Waals surface area contributed by atoms with Crippen molar-refractivity contribution < 1.29 is 0 Å². The molecule has 0 aliphatic carbocycles. The fraction of sp³-hybridized carbons (Fsp3) is 0.500. The second-order valence-corrected chi connectivity index (χ2v) is 3.79. The Morgan fingerprint density at radius 1 is 1.56 bits per heavy atom.